The molecule has 0 bridgehead atoms. The highest BCUT2D eigenvalue weighted by atomic mass is 35.5. The van der Waals surface area contributed by atoms with Crippen molar-refractivity contribution in [1.82, 2.24) is 0 Å². The number of nitriles is 1. The number of benzene rings is 3. The number of nitrogens with zero attached hydrogens (tertiary/aromatic N) is 1. The van der Waals surface area contributed by atoms with Crippen LogP contribution in [0.15, 0.2) is 66.2 Å². The standard InChI is InChI=1S/C27H23ClN2O5/c1-17-4-6-18(7-5-17)16-35-25-23(28)13-19(14-24(25)33-2)12-21(15-29)26(31)30-22-10-8-20(9-11-22)27(32)34-3/h4-14H,16H2,1-3H3,(H,30,31)/b21-12+. The lowest BCUT2D eigenvalue weighted by Gasteiger charge is -2.14. The Morgan fingerprint density at radius 1 is 1.06 bits per heavy atom. The molecule has 1 amide bonds. The molecule has 178 valence electrons. The maximum absolute atomic E-state index is 12.6. The monoisotopic (exact) mass is 490 g/mol. The summed E-state index contributed by atoms with van der Waals surface area (Å²) in [5.74, 6) is -0.377. The van der Waals surface area contributed by atoms with Crippen molar-refractivity contribution in [3.63, 3.8) is 0 Å². The van der Waals surface area contributed by atoms with Crippen LogP contribution < -0.4 is 14.8 Å². The topological polar surface area (TPSA) is 97.7 Å². The minimum atomic E-state index is -0.617. The van der Waals surface area contributed by atoms with E-state index in [-0.39, 0.29) is 10.6 Å². The average molecular weight is 491 g/mol. The summed E-state index contributed by atoms with van der Waals surface area (Å²) in [5.41, 5.74) is 3.22. The van der Waals surface area contributed by atoms with Crippen LogP contribution in [-0.2, 0) is 16.1 Å². The first kappa shape index (κ1) is 25.3. The Hall–Kier alpha value is -4.28. The van der Waals surface area contributed by atoms with Gasteiger partial charge in [0.1, 0.15) is 18.2 Å². The Bertz CT molecular complexity index is 1290. The SMILES string of the molecule is COC(=O)c1ccc(NC(=O)/C(C#N)=C/c2cc(Cl)c(OCc3ccc(C)cc3)c(OC)c2)cc1. The van der Waals surface area contributed by atoms with E-state index in [9.17, 15) is 14.9 Å². The fraction of sp³-hybridized carbons (Fsp3) is 0.148. The van der Waals surface area contributed by atoms with Gasteiger partial charge in [0.25, 0.3) is 5.91 Å². The van der Waals surface area contributed by atoms with Gasteiger partial charge in [-0.05, 0) is 60.5 Å². The second-order valence-corrected chi connectivity index (χ2v) is 7.91. The number of esters is 1. The molecule has 3 aromatic rings. The molecule has 1 N–H and O–H groups in total. The van der Waals surface area contributed by atoms with Crippen molar-refractivity contribution in [2.45, 2.75) is 13.5 Å². The number of amides is 1. The van der Waals surface area contributed by atoms with E-state index in [4.69, 9.17) is 21.1 Å². The highest BCUT2D eigenvalue weighted by Crippen LogP contribution is 2.37. The fourth-order valence-corrected chi connectivity index (χ4v) is 3.40. The molecule has 0 aliphatic rings. The van der Waals surface area contributed by atoms with Crippen molar-refractivity contribution in [3.05, 3.63) is 93.5 Å². The van der Waals surface area contributed by atoms with Crippen molar-refractivity contribution in [3.8, 4) is 17.6 Å². The Morgan fingerprint density at radius 2 is 1.74 bits per heavy atom. The maximum atomic E-state index is 12.6. The smallest absolute Gasteiger partial charge is 0.337 e. The first-order valence-corrected chi connectivity index (χ1v) is 10.9. The zero-order valence-electron chi connectivity index (χ0n) is 19.4. The van der Waals surface area contributed by atoms with Gasteiger partial charge in [0.05, 0.1) is 24.8 Å². The zero-order chi connectivity index (χ0) is 25.4. The minimum Gasteiger partial charge on any atom is -0.493 e. The zero-order valence-corrected chi connectivity index (χ0v) is 20.2. The summed E-state index contributed by atoms with van der Waals surface area (Å²) >= 11 is 6.44. The van der Waals surface area contributed by atoms with E-state index >= 15 is 0 Å². The summed E-state index contributed by atoms with van der Waals surface area (Å²) in [6.07, 6.45) is 1.40. The number of hydrogen-bond donors (Lipinski definition) is 1. The number of methoxy groups -OCH3 is 2. The maximum Gasteiger partial charge on any atom is 0.337 e. The third-order valence-electron chi connectivity index (χ3n) is 5.00. The van der Waals surface area contributed by atoms with Crippen LogP contribution in [0.3, 0.4) is 0 Å². The molecule has 35 heavy (non-hydrogen) atoms. The summed E-state index contributed by atoms with van der Waals surface area (Å²) < 4.78 is 16.0. The van der Waals surface area contributed by atoms with E-state index in [2.05, 4.69) is 10.1 Å². The first-order chi connectivity index (χ1) is 16.8. The van der Waals surface area contributed by atoms with E-state index in [0.717, 1.165) is 11.1 Å². The number of ether oxygens (including phenoxy) is 3. The number of halogens is 1. The third-order valence-corrected chi connectivity index (χ3v) is 5.28. The van der Waals surface area contributed by atoms with Crippen molar-refractivity contribution >= 4 is 35.2 Å². The molecular weight excluding hydrogens is 468 g/mol. The molecule has 0 saturated carbocycles. The van der Waals surface area contributed by atoms with Crippen LogP contribution in [0.4, 0.5) is 5.69 Å². The average Bonchev–Trinajstić information content (AvgIpc) is 2.87. The van der Waals surface area contributed by atoms with E-state index in [0.29, 0.717) is 34.9 Å². The number of nitrogens with one attached hydrogen (secondary N) is 1. The number of rotatable bonds is 8. The van der Waals surface area contributed by atoms with Crippen LogP contribution >= 0.6 is 11.6 Å². The number of carbonyl (C=O) groups is 2. The van der Waals surface area contributed by atoms with Crippen LogP contribution in [-0.4, -0.2) is 26.1 Å². The quantitative estimate of drug-likeness (QED) is 0.252. The van der Waals surface area contributed by atoms with Gasteiger partial charge in [-0.25, -0.2) is 4.79 Å². The van der Waals surface area contributed by atoms with Crippen LogP contribution in [0.25, 0.3) is 6.08 Å². The van der Waals surface area contributed by atoms with Crippen LogP contribution in [0, 0.1) is 18.3 Å². The Kier molecular flexibility index (Phi) is 8.49. The molecule has 0 aliphatic carbocycles. The summed E-state index contributed by atoms with van der Waals surface area (Å²) in [7, 11) is 2.76. The number of anilines is 1. The second kappa shape index (κ2) is 11.7. The number of aryl methyl sites for hydroxylation is 1. The highest BCUT2D eigenvalue weighted by molar-refractivity contribution is 6.32. The van der Waals surface area contributed by atoms with Gasteiger partial charge in [-0.15, -0.1) is 0 Å². The van der Waals surface area contributed by atoms with Gasteiger partial charge >= 0.3 is 5.97 Å². The van der Waals surface area contributed by atoms with Gasteiger partial charge in [-0.1, -0.05) is 41.4 Å². The van der Waals surface area contributed by atoms with Crippen molar-refractivity contribution in [2.24, 2.45) is 0 Å². The molecular formula is C27H23ClN2O5. The van der Waals surface area contributed by atoms with Gasteiger partial charge in [0.15, 0.2) is 11.5 Å². The second-order valence-electron chi connectivity index (χ2n) is 7.50. The number of hydrogen-bond acceptors (Lipinski definition) is 6. The summed E-state index contributed by atoms with van der Waals surface area (Å²) in [4.78, 5) is 24.2. The van der Waals surface area contributed by atoms with Gasteiger partial charge < -0.3 is 19.5 Å². The van der Waals surface area contributed by atoms with Gasteiger partial charge in [0.2, 0.25) is 0 Å². The van der Waals surface area contributed by atoms with E-state index < -0.39 is 11.9 Å². The Labute approximate surface area is 208 Å². The molecule has 0 atom stereocenters. The molecule has 0 fully saturated rings. The molecule has 3 rings (SSSR count). The molecule has 7 nitrogen and oxygen atoms in total. The molecule has 0 heterocycles. The Morgan fingerprint density at radius 3 is 2.34 bits per heavy atom. The minimum absolute atomic E-state index is 0.145. The summed E-state index contributed by atoms with van der Waals surface area (Å²) in [5, 5.41) is 12.4. The molecule has 0 saturated heterocycles. The molecule has 0 aromatic heterocycles. The first-order valence-electron chi connectivity index (χ1n) is 10.5. The van der Waals surface area contributed by atoms with Crippen molar-refractivity contribution < 1.29 is 23.8 Å². The lowest BCUT2D eigenvalue weighted by atomic mass is 10.1. The van der Waals surface area contributed by atoms with Crippen LogP contribution in [0.1, 0.15) is 27.0 Å². The van der Waals surface area contributed by atoms with Crippen LogP contribution in [0.2, 0.25) is 5.02 Å². The summed E-state index contributed by atoms with van der Waals surface area (Å²) in [6.45, 7) is 2.31. The predicted molar refractivity (Wildman–Crippen MR) is 134 cm³/mol. The Balaban J connectivity index is 1.77. The van der Waals surface area contributed by atoms with E-state index in [1.54, 1.807) is 24.3 Å². The fourth-order valence-electron chi connectivity index (χ4n) is 3.12. The van der Waals surface area contributed by atoms with E-state index in [1.165, 1.54) is 32.4 Å². The van der Waals surface area contributed by atoms with Crippen molar-refractivity contribution in [2.75, 3.05) is 19.5 Å². The largest absolute Gasteiger partial charge is 0.493 e. The van der Waals surface area contributed by atoms with Gasteiger partial charge in [-0.3, -0.25) is 4.79 Å². The normalized spacial score (nSPS) is 10.8. The van der Waals surface area contributed by atoms with Crippen LogP contribution in [0.5, 0.6) is 11.5 Å². The molecule has 0 unspecified atom stereocenters. The lowest BCUT2D eigenvalue weighted by Crippen LogP contribution is -2.13. The number of carbonyl (C=O) groups excluding carboxylic acids is 2. The molecule has 0 radical (unpaired) electrons. The molecule has 0 spiro atoms. The molecule has 8 heteroatoms. The lowest BCUT2D eigenvalue weighted by molar-refractivity contribution is -0.112. The van der Waals surface area contributed by atoms with Gasteiger partial charge in [-0.2, -0.15) is 5.26 Å². The van der Waals surface area contributed by atoms with E-state index in [1.807, 2.05) is 37.3 Å². The highest BCUT2D eigenvalue weighted by Gasteiger charge is 2.15. The predicted octanol–water partition coefficient (Wildman–Crippen LogP) is 5.57. The molecule has 0 aliphatic heterocycles. The third kappa shape index (κ3) is 6.62. The van der Waals surface area contributed by atoms with Crippen molar-refractivity contribution in [1.29, 1.82) is 5.26 Å². The summed E-state index contributed by atoms with van der Waals surface area (Å²) in [6, 6.07) is 19.1. The molecule has 3 aromatic carbocycles. The van der Waals surface area contributed by atoms with Gasteiger partial charge in [0, 0.05) is 5.69 Å².